The molecule has 30 heavy (non-hydrogen) atoms. The summed E-state index contributed by atoms with van der Waals surface area (Å²) in [6, 6.07) is 21.3. The van der Waals surface area contributed by atoms with Crippen molar-refractivity contribution >= 4 is 48.6 Å². The number of fused-ring (bicyclic) bond motifs is 2. The molecule has 4 aromatic carbocycles. The molecule has 0 atom stereocenters. The van der Waals surface area contributed by atoms with Crippen molar-refractivity contribution in [1.29, 1.82) is 0 Å². The van der Waals surface area contributed by atoms with Crippen LogP contribution in [0.1, 0.15) is 0 Å². The van der Waals surface area contributed by atoms with Gasteiger partial charge >= 0.3 is 0 Å². The van der Waals surface area contributed by atoms with Gasteiger partial charge in [-0.1, -0.05) is 59.7 Å². The standard InChI is InChI=1S/C22H19N5O2S/c1-27(2)21-13-5-10-18-17(21)9-6-14-22(18)30(28,29)25-20-12-4-7-15-16(20)8-3-11-19(15)24-26-23/h3-14,25H,1-2H3. The van der Waals surface area contributed by atoms with Crippen LogP contribution >= 0.6 is 0 Å². The number of rotatable bonds is 5. The van der Waals surface area contributed by atoms with Crippen molar-refractivity contribution in [2.75, 3.05) is 23.7 Å². The molecule has 0 amide bonds. The highest BCUT2D eigenvalue weighted by atomic mass is 32.2. The third kappa shape index (κ3) is 3.39. The lowest BCUT2D eigenvalue weighted by Crippen LogP contribution is -2.14. The molecule has 150 valence electrons. The van der Waals surface area contributed by atoms with Crippen molar-refractivity contribution in [3.63, 3.8) is 0 Å². The van der Waals surface area contributed by atoms with Crippen LogP contribution in [-0.4, -0.2) is 22.5 Å². The average molecular weight is 417 g/mol. The highest BCUT2D eigenvalue weighted by Crippen LogP contribution is 2.34. The van der Waals surface area contributed by atoms with E-state index in [1.165, 1.54) is 0 Å². The predicted molar refractivity (Wildman–Crippen MR) is 122 cm³/mol. The quantitative estimate of drug-likeness (QED) is 0.252. The van der Waals surface area contributed by atoms with Gasteiger partial charge in [-0.15, -0.1) is 0 Å². The number of nitrogens with zero attached hydrogens (tertiary/aromatic N) is 4. The Morgan fingerprint density at radius 2 is 1.47 bits per heavy atom. The maximum Gasteiger partial charge on any atom is 0.262 e. The van der Waals surface area contributed by atoms with Crippen LogP contribution in [0, 0.1) is 0 Å². The van der Waals surface area contributed by atoms with E-state index in [9.17, 15) is 8.42 Å². The van der Waals surface area contributed by atoms with Gasteiger partial charge in [-0.3, -0.25) is 4.72 Å². The van der Waals surface area contributed by atoms with Crippen molar-refractivity contribution in [3.8, 4) is 0 Å². The second-order valence-corrected chi connectivity index (χ2v) is 8.65. The fraction of sp³-hybridized carbons (Fsp3) is 0.0909. The molecular formula is C22H19N5O2S. The molecule has 0 saturated heterocycles. The molecule has 7 nitrogen and oxygen atoms in total. The van der Waals surface area contributed by atoms with E-state index in [4.69, 9.17) is 5.53 Å². The van der Waals surface area contributed by atoms with Crippen LogP contribution in [0.4, 0.5) is 17.1 Å². The van der Waals surface area contributed by atoms with Crippen LogP contribution < -0.4 is 9.62 Å². The van der Waals surface area contributed by atoms with Gasteiger partial charge in [0.2, 0.25) is 0 Å². The Morgan fingerprint density at radius 3 is 2.23 bits per heavy atom. The number of nitrogens with one attached hydrogen (secondary N) is 1. The summed E-state index contributed by atoms with van der Waals surface area (Å²) in [5, 5.41) is 6.52. The molecule has 4 aromatic rings. The molecule has 0 heterocycles. The summed E-state index contributed by atoms with van der Waals surface area (Å²) in [6.45, 7) is 0. The van der Waals surface area contributed by atoms with E-state index in [1.807, 2.05) is 37.2 Å². The van der Waals surface area contributed by atoms with Crippen LogP contribution in [0.3, 0.4) is 0 Å². The molecule has 4 rings (SSSR count). The first kappa shape index (κ1) is 19.6. The Morgan fingerprint density at radius 1 is 0.833 bits per heavy atom. The minimum absolute atomic E-state index is 0.201. The lowest BCUT2D eigenvalue weighted by Gasteiger charge is -2.17. The van der Waals surface area contributed by atoms with Crippen molar-refractivity contribution in [2.45, 2.75) is 4.90 Å². The summed E-state index contributed by atoms with van der Waals surface area (Å²) in [4.78, 5) is 5.00. The molecule has 0 saturated carbocycles. The number of azide groups is 1. The second-order valence-electron chi connectivity index (χ2n) is 7.00. The van der Waals surface area contributed by atoms with Crippen molar-refractivity contribution in [2.24, 2.45) is 5.11 Å². The van der Waals surface area contributed by atoms with Gasteiger partial charge < -0.3 is 4.90 Å². The van der Waals surface area contributed by atoms with Gasteiger partial charge in [0.05, 0.1) is 10.6 Å². The molecular weight excluding hydrogens is 398 g/mol. The first-order chi connectivity index (χ1) is 14.4. The molecule has 0 aliphatic heterocycles. The van der Waals surface area contributed by atoms with E-state index >= 15 is 0 Å². The number of hydrogen-bond acceptors (Lipinski definition) is 4. The molecule has 8 heteroatoms. The summed E-state index contributed by atoms with van der Waals surface area (Å²) in [5.74, 6) is 0. The minimum Gasteiger partial charge on any atom is -0.377 e. The van der Waals surface area contributed by atoms with Gasteiger partial charge in [-0.2, -0.15) is 0 Å². The Kier molecular flexibility index (Phi) is 4.95. The SMILES string of the molecule is CN(C)c1cccc2c(S(=O)(=O)Nc3cccc4c(N=[N+]=[N-])cccc34)cccc12. The maximum atomic E-state index is 13.3. The molecule has 0 unspecified atom stereocenters. The van der Waals surface area contributed by atoms with E-state index in [2.05, 4.69) is 14.7 Å². The van der Waals surface area contributed by atoms with E-state index in [0.29, 0.717) is 27.5 Å². The van der Waals surface area contributed by atoms with E-state index in [0.717, 1.165) is 11.1 Å². The highest BCUT2D eigenvalue weighted by Gasteiger charge is 2.20. The van der Waals surface area contributed by atoms with Crippen LogP contribution in [0.5, 0.6) is 0 Å². The third-order valence-electron chi connectivity index (χ3n) is 4.93. The number of sulfonamides is 1. The zero-order chi connectivity index (χ0) is 21.3. The zero-order valence-corrected chi connectivity index (χ0v) is 17.3. The topological polar surface area (TPSA) is 98.2 Å². The van der Waals surface area contributed by atoms with Crippen molar-refractivity contribution < 1.29 is 8.42 Å². The van der Waals surface area contributed by atoms with Gasteiger partial charge in [-0.05, 0) is 29.1 Å². The number of hydrogen-bond donors (Lipinski definition) is 1. The first-order valence-corrected chi connectivity index (χ1v) is 10.7. The summed E-state index contributed by atoms with van der Waals surface area (Å²) in [5.41, 5.74) is 10.6. The lowest BCUT2D eigenvalue weighted by molar-refractivity contribution is 0.602. The van der Waals surface area contributed by atoms with Crippen LogP contribution in [-0.2, 0) is 10.0 Å². The normalized spacial score (nSPS) is 11.3. The summed E-state index contributed by atoms with van der Waals surface area (Å²) < 4.78 is 29.4. The second kappa shape index (κ2) is 7.59. The summed E-state index contributed by atoms with van der Waals surface area (Å²) in [6.07, 6.45) is 0. The fourth-order valence-electron chi connectivity index (χ4n) is 3.61. The molecule has 0 spiro atoms. The zero-order valence-electron chi connectivity index (χ0n) is 16.4. The monoisotopic (exact) mass is 417 g/mol. The van der Waals surface area contributed by atoms with Crippen molar-refractivity contribution in [1.82, 2.24) is 0 Å². The molecule has 0 aromatic heterocycles. The van der Waals surface area contributed by atoms with Crippen LogP contribution in [0.15, 0.2) is 82.8 Å². The molecule has 0 bridgehead atoms. The van der Waals surface area contributed by atoms with Crippen LogP contribution in [0.2, 0.25) is 0 Å². The molecule has 0 aliphatic carbocycles. The molecule has 0 aliphatic rings. The first-order valence-electron chi connectivity index (χ1n) is 9.21. The van der Waals surface area contributed by atoms with Gasteiger partial charge in [0.15, 0.2) is 0 Å². The Hall–Kier alpha value is -3.74. The largest absolute Gasteiger partial charge is 0.377 e. The van der Waals surface area contributed by atoms with E-state index in [1.54, 1.807) is 54.6 Å². The summed E-state index contributed by atoms with van der Waals surface area (Å²) in [7, 11) is -0.0265. The summed E-state index contributed by atoms with van der Waals surface area (Å²) >= 11 is 0. The number of benzene rings is 4. The minimum atomic E-state index is -3.87. The Labute approximate surface area is 174 Å². The molecule has 0 fully saturated rings. The van der Waals surface area contributed by atoms with Gasteiger partial charge in [0.25, 0.3) is 10.0 Å². The number of anilines is 2. The van der Waals surface area contributed by atoms with E-state index < -0.39 is 10.0 Å². The smallest absolute Gasteiger partial charge is 0.262 e. The molecule has 1 N–H and O–H groups in total. The van der Waals surface area contributed by atoms with Gasteiger partial charge in [0, 0.05) is 46.5 Å². The van der Waals surface area contributed by atoms with Crippen molar-refractivity contribution in [3.05, 3.63) is 83.2 Å². The average Bonchev–Trinajstić information content (AvgIpc) is 2.73. The predicted octanol–water partition coefficient (Wildman–Crippen LogP) is 5.80. The van der Waals surface area contributed by atoms with E-state index in [-0.39, 0.29) is 4.90 Å². The Balaban J connectivity index is 1.86. The highest BCUT2D eigenvalue weighted by molar-refractivity contribution is 7.93. The lowest BCUT2D eigenvalue weighted by atomic mass is 10.1. The third-order valence-corrected chi connectivity index (χ3v) is 6.35. The Bertz CT molecular complexity index is 1420. The molecule has 0 radical (unpaired) electrons. The van der Waals surface area contributed by atoms with Crippen LogP contribution in [0.25, 0.3) is 32.0 Å². The fourth-order valence-corrected chi connectivity index (χ4v) is 4.91. The van der Waals surface area contributed by atoms with Gasteiger partial charge in [0.1, 0.15) is 0 Å². The maximum absolute atomic E-state index is 13.3. The van der Waals surface area contributed by atoms with Gasteiger partial charge in [-0.25, -0.2) is 8.42 Å².